The van der Waals surface area contributed by atoms with Crippen LogP contribution in [0.15, 0.2) is 85.1 Å². The van der Waals surface area contributed by atoms with Gasteiger partial charge in [-0.05, 0) is 83.5 Å². The fourth-order valence-corrected chi connectivity index (χ4v) is 6.85. The van der Waals surface area contributed by atoms with Crippen LogP contribution in [0.3, 0.4) is 0 Å². The SMILES string of the molecule is CCCCC/C=C/C/C=C/C/C=C/C/C=C/C/C=C/CCC(=O)OC[C@@H](CO[C@H]1O[C@@H](CO)[C@@H](O)C(O)C1O)OC(=O)CCCCCCCCCCC/C=C/C/C=C/CCCCC. The van der Waals surface area contributed by atoms with Crippen LogP contribution >= 0.6 is 0 Å². The first-order chi connectivity index (χ1) is 30.8. The first kappa shape index (κ1) is 57.9. The van der Waals surface area contributed by atoms with Crippen LogP contribution in [-0.4, -0.2) is 89.0 Å². The Morgan fingerprint density at radius 3 is 1.40 bits per heavy atom. The van der Waals surface area contributed by atoms with Gasteiger partial charge in [0, 0.05) is 12.8 Å². The molecule has 6 atom stereocenters. The molecular formula is C53H88O10. The van der Waals surface area contributed by atoms with E-state index in [1.54, 1.807) is 0 Å². The molecule has 0 saturated carbocycles. The summed E-state index contributed by atoms with van der Waals surface area (Å²) in [4.78, 5) is 25.4. The van der Waals surface area contributed by atoms with Crippen LogP contribution in [0.4, 0.5) is 0 Å². The third-order valence-electron chi connectivity index (χ3n) is 10.8. The van der Waals surface area contributed by atoms with E-state index in [1.165, 1.54) is 83.5 Å². The fraction of sp³-hybridized carbons (Fsp3) is 0.698. The molecule has 360 valence electrons. The number of unbranched alkanes of at least 4 members (excludes halogenated alkanes) is 15. The molecule has 0 aliphatic carbocycles. The van der Waals surface area contributed by atoms with Crippen LogP contribution in [0.1, 0.15) is 181 Å². The Balaban J connectivity index is 2.35. The number of carbonyl (C=O) groups excluding carboxylic acids is 2. The third kappa shape index (κ3) is 34.0. The second kappa shape index (κ2) is 42.8. The summed E-state index contributed by atoms with van der Waals surface area (Å²) in [6.07, 6.45) is 48.8. The van der Waals surface area contributed by atoms with Crippen LogP contribution in [-0.2, 0) is 28.5 Å². The van der Waals surface area contributed by atoms with Gasteiger partial charge in [-0.1, -0.05) is 170 Å². The van der Waals surface area contributed by atoms with Crippen LogP contribution in [0, 0.1) is 0 Å². The van der Waals surface area contributed by atoms with Gasteiger partial charge in [-0.15, -0.1) is 0 Å². The maximum atomic E-state index is 12.8. The number of aliphatic hydroxyl groups is 4. The molecule has 1 heterocycles. The van der Waals surface area contributed by atoms with E-state index < -0.39 is 55.4 Å². The maximum absolute atomic E-state index is 12.8. The minimum absolute atomic E-state index is 0.147. The molecule has 0 aromatic carbocycles. The standard InChI is InChI=1S/C53H88O10/c1-3-5-7-9-11-13-15-17-19-21-23-25-27-29-31-33-35-37-39-41-48(55)60-44-46(45-61-53-52(59)51(58)50(57)47(43-54)63-53)62-49(56)42-40-38-36-34-32-30-28-26-24-22-20-18-16-14-12-10-8-6-4-2/h11-14,17-20,23,25,29,31,35,37,46-47,50-54,57-59H,3-10,15-16,21-22,24,26-28,30,32-34,36,38-45H2,1-2H3/b13-11+,14-12+,19-17+,20-18+,25-23+,31-29+,37-35+/t46-,47-,50+,51?,52?,53-/m0/s1. The van der Waals surface area contributed by atoms with Gasteiger partial charge in [0.1, 0.15) is 31.0 Å². The van der Waals surface area contributed by atoms with Crippen molar-refractivity contribution in [3.8, 4) is 0 Å². The number of hydrogen-bond donors (Lipinski definition) is 4. The quantitative estimate of drug-likeness (QED) is 0.0266. The summed E-state index contributed by atoms with van der Waals surface area (Å²) in [5.74, 6) is -0.912. The van der Waals surface area contributed by atoms with Crippen molar-refractivity contribution in [2.24, 2.45) is 0 Å². The lowest BCUT2D eigenvalue weighted by molar-refractivity contribution is -0.305. The molecule has 1 saturated heterocycles. The first-order valence-corrected chi connectivity index (χ1v) is 24.7. The summed E-state index contributed by atoms with van der Waals surface area (Å²) in [6.45, 7) is 3.29. The molecule has 4 N–H and O–H groups in total. The molecule has 2 unspecified atom stereocenters. The van der Waals surface area contributed by atoms with E-state index in [-0.39, 0.29) is 26.1 Å². The number of hydrogen-bond acceptors (Lipinski definition) is 10. The van der Waals surface area contributed by atoms with Gasteiger partial charge in [0.05, 0.1) is 13.2 Å². The van der Waals surface area contributed by atoms with Crippen LogP contribution in [0.2, 0.25) is 0 Å². The minimum Gasteiger partial charge on any atom is -0.462 e. The van der Waals surface area contributed by atoms with Gasteiger partial charge >= 0.3 is 11.9 Å². The molecule has 0 spiro atoms. The predicted octanol–water partition coefficient (Wildman–Crippen LogP) is 11.3. The summed E-state index contributed by atoms with van der Waals surface area (Å²) in [5.41, 5.74) is 0. The number of esters is 2. The van der Waals surface area contributed by atoms with E-state index in [0.29, 0.717) is 12.8 Å². The monoisotopic (exact) mass is 885 g/mol. The first-order valence-electron chi connectivity index (χ1n) is 24.7. The van der Waals surface area contributed by atoms with Gasteiger partial charge in [-0.3, -0.25) is 9.59 Å². The summed E-state index contributed by atoms with van der Waals surface area (Å²) in [5, 5.41) is 40.2. The van der Waals surface area contributed by atoms with E-state index in [2.05, 4.69) is 86.8 Å². The lowest BCUT2D eigenvalue weighted by Crippen LogP contribution is -2.59. The van der Waals surface area contributed by atoms with Crippen molar-refractivity contribution in [1.82, 2.24) is 0 Å². The second-order valence-electron chi connectivity index (χ2n) is 16.6. The molecule has 0 bridgehead atoms. The molecule has 0 aromatic heterocycles. The molecule has 10 nitrogen and oxygen atoms in total. The average molecular weight is 885 g/mol. The molecule has 1 fully saturated rings. The lowest BCUT2D eigenvalue weighted by Gasteiger charge is -2.39. The van der Waals surface area contributed by atoms with E-state index in [4.69, 9.17) is 18.9 Å². The number of rotatable bonds is 40. The molecule has 1 rings (SSSR count). The highest BCUT2D eigenvalue weighted by Gasteiger charge is 2.44. The van der Waals surface area contributed by atoms with Gasteiger partial charge in [0.25, 0.3) is 0 Å². The number of aliphatic hydroxyl groups excluding tert-OH is 4. The molecule has 0 radical (unpaired) electrons. The number of ether oxygens (including phenoxy) is 4. The van der Waals surface area contributed by atoms with Gasteiger partial charge in [-0.2, -0.15) is 0 Å². The topological polar surface area (TPSA) is 152 Å². The average Bonchev–Trinajstić information content (AvgIpc) is 3.28. The van der Waals surface area contributed by atoms with Crippen molar-refractivity contribution < 1.29 is 49.0 Å². The summed E-state index contributed by atoms with van der Waals surface area (Å²) < 4.78 is 22.1. The smallest absolute Gasteiger partial charge is 0.306 e. The highest BCUT2D eigenvalue weighted by atomic mass is 16.7. The summed E-state index contributed by atoms with van der Waals surface area (Å²) >= 11 is 0. The molecule has 10 heteroatoms. The van der Waals surface area contributed by atoms with Gasteiger partial charge in [0.2, 0.25) is 0 Å². The molecule has 1 aliphatic rings. The van der Waals surface area contributed by atoms with Gasteiger partial charge < -0.3 is 39.4 Å². The van der Waals surface area contributed by atoms with Crippen molar-refractivity contribution in [2.75, 3.05) is 19.8 Å². The van der Waals surface area contributed by atoms with E-state index >= 15 is 0 Å². The fourth-order valence-electron chi connectivity index (χ4n) is 6.85. The Morgan fingerprint density at radius 2 is 0.921 bits per heavy atom. The molecule has 0 amide bonds. The van der Waals surface area contributed by atoms with Crippen molar-refractivity contribution in [3.05, 3.63) is 85.1 Å². The zero-order chi connectivity index (χ0) is 45.9. The Labute approximate surface area is 382 Å². The molecule has 1 aliphatic heterocycles. The van der Waals surface area contributed by atoms with Crippen LogP contribution in [0.25, 0.3) is 0 Å². The van der Waals surface area contributed by atoms with Crippen molar-refractivity contribution in [2.45, 2.75) is 218 Å². The summed E-state index contributed by atoms with van der Waals surface area (Å²) in [7, 11) is 0. The Hall–Kier alpha value is -3.12. The maximum Gasteiger partial charge on any atom is 0.306 e. The second-order valence-corrected chi connectivity index (χ2v) is 16.6. The zero-order valence-corrected chi connectivity index (χ0v) is 39.3. The highest BCUT2D eigenvalue weighted by Crippen LogP contribution is 2.22. The van der Waals surface area contributed by atoms with Crippen molar-refractivity contribution in [1.29, 1.82) is 0 Å². The van der Waals surface area contributed by atoms with E-state index in [1.807, 2.05) is 12.2 Å². The number of carbonyl (C=O) groups is 2. The van der Waals surface area contributed by atoms with Gasteiger partial charge in [-0.25, -0.2) is 0 Å². The number of allylic oxidation sites excluding steroid dienone is 14. The lowest BCUT2D eigenvalue weighted by atomic mass is 9.99. The van der Waals surface area contributed by atoms with Crippen LogP contribution < -0.4 is 0 Å². The minimum atomic E-state index is -1.61. The molecular weight excluding hydrogens is 797 g/mol. The van der Waals surface area contributed by atoms with E-state index in [9.17, 15) is 30.0 Å². The Bertz CT molecular complexity index is 1300. The third-order valence-corrected chi connectivity index (χ3v) is 10.8. The highest BCUT2D eigenvalue weighted by molar-refractivity contribution is 5.70. The molecule has 63 heavy (non-hydrogen) atoms. The zero-order valence-electron chi connectivity index (χ0n) is 39.3. The normalized spacial score (nSPS) is 20.3. The van der Waals surface area contributed by atoms with Gasteiger partial charge in [0.15, 0.2) is 12.4 Å². The Kier molecular flexibility index (Phi) is 39.3. The Morgan fingerprint density at radius 1 is 0.492 bits per heavy atom. The largest absolute Gasteiger partial charge is 0.462 e. The van der Waals surface area contributed by atoms with Crippen LogP contribution in [0.5, 0.6) is 0 Å². The molecule has 0 aromatic rings. The van der Waals surface area contributed by atoms with Crippen molar-refractivity contribution in [3.63, 3.8) is 0 Å². The summed E-state index contributed by atoms with van der Waals surface area (Å²) in [6, 6.07) is 0. The predicted molar refractivity (Wildman–Crippen MR) is 256 cm³/mol. The van der Waals surface area contributed by atoms with E-state index in [0.717, 1.165) is 57.8 Å². The van der Waals surface area contributed by atoms with Crippen molar-refractivity contribution >= 4 is 11.9 Å².